The zero-order valence-electron chi connectivity index (χ0n) is 10.1. The third-order valence-electron chi connectivity index (χ3n) is 2.91. The van der Waals surface area contributed by atoms with E-state index in [4.69, 9.17) is 0 Å². The Kier molecular flexibility index (Phi) is 3.53. The summed E-state index contributed by atoms with van der Waals surface area (Å²) in [6.07, 6.45) is 0. The van der Waals surface area contributed by atoms with Crippen LogP contribution in [0.5, 0.6) is 0 Å². The van der Waals surface area contributed by atoms with Crippen LogP contribution in [0.1, 0.15) is 38.4 Å². The molecule has 0 bridgehead atoms. The van der Waals surface area contributed by atoms with Crippen molar-refractivity contribution in [2.75, 3.05) is 0 Å². The molecule has 1 rings (SSSR count). The van der Waals surface area contributed by atoms with Crippen LogP contribution in [0, 0.1) is 6.92 Å². The number of nitrogens with zero attached hydrogens (tertiary/aromatic N) is 1. The van der Waals surface area contributed by atoms with E-state index in [0.717, 1.165) is 10.7 Å². The van der Waals surface area contributed by atoms with E-state index in [1.807, 2.05) is 40.0 Å². The lowest BCUT2D eigenvalue weighted by atomic mass is 9.86. The molecule has 0 radical (unpaired) electrons. The lowest BCUT2D eigenvalue weighted by molar-refractivity contribution is -0.00543. The van der Waals surface area contributed by atoms with E-state index in [2.05, 4.69) is 10.3 Å². The van der Waals surface area contributed by atoms with Gasteiger partial charge in [0, 0.05) is 17.5 Å². The lowest BCUT2D eigenvalue weighted by Crippen LogP contribution is -2.55. The molecule has 0 aliphatic rings. The number of hydrogen-bond donors (Lipinski definition) is 2. The average molecular weight is 228 g/mol. The molecule has 1 aromatic heterocycles. The lowest BCUT2D eigenvalue weighted by Gasteiger charge is -2.38. The second kappa shape index (κ2) is 4.20. The highest BCUT2D eigenvalue weighted by molar-refractivity contribution is 7.09. The molecule has 0 amide bonds. The minimum atomic E-state index is -0.752. The second-order valence-electron chi connectivity index (χ2n) is 4.90. The average Bonchev–Trinajstić information content (AvgIpc) is 2.46. The zero-order valence-corrected chi connectivity index (χ0v) is 10.9. The Labute approximate surface area is 95.6 Å². The van der Waals surface area contributed by atoms with Crippen molar-refractivity contribution in [2.24, 2.45) is 0 Å². The Morgan fingerprint density at radius 3 is 2.40 bits per heavy atom. The SMILES string of the molecule is Cc1nc(CNC(C)(C)C(C)(C)O)cs1. The largest absolute Gasteiger partial charge is 0.389 e. The summed E-state index contributed by atoms with van der Waals surface area (Å²) in [5, 5.41) is 16.4. The zero-order chi connectivity index (χ0) is 11.7. The highest BCUT2D eigenvalue weighted by Crippen LogP contribution is 2.21. The minimum absolute atomic E-state index is 0.329. The summed E-state index contributed by atoms with van der Waals surface area (Å²) in [6.45, 7) is 10.3. The number of aromatic nitrogens is 1. The topological polar surface area (TPSA) is 45.2 Å². The Balaban J connectivity index is 2.57. The standard InChI is InChI=1S/C11H20N2OS/c1-8-13-9(7-15-8)6-12-10(2,3)11(4,5)14/h7,12,14H,6H2,1-5H3. The molecule has 0 spiro atoms. The summed E-state index contributed by atoms with van der Waals surface area (Å²) in [4.78, 5) is 4.37. The Morgan fingerprint density at radius 1 is 1.40 bits per heavy atom. The van der Waals surface area contributed by atoms with E-state index >= 15 is 0 Å². The maximum Gasteiger partial charge on any atom is 0.0897 e. The van der Waals surface area contributed by atoms with Gasteiger partial charge in [-0.2, -0.15) is 0 Å². The molecule has 3 nitrogen and oxygen atoms in total. The maximum atomic E-state index is 9.95. The number of thiazole rings is 1. The van der Waals surface area contributed by atoms with Crippen molar-refractivity contribution in [3.63, 3.8) is 0 Å². The van der Waals surface area contributed by atoms with Crippen LogP contribution in [0.2, 0.25) is 0 Å². The molecule has 86 valence electrons. The van der Waals surface area contributed by atoms with E-state index in [1.54, 1.807) is 11.3 Å². The fourth-order valence-electron chi connectivity index (χ4n) is 1.02. The molecule has 0 aliphatic carbocycles. The molecule has 1 aromatic rings. The highest BCUT2D eigenvalue weighted by Gasteiger charge is 2.34. The Bertz CT molecular complexity index is 326. The van der Waals surface area contributed by atoms with E-state index in [9.17, 15) is 5.11 Å². The van der Waals surface area contributed by atoms with E-state index in [0.29, 0.717) is 6.54 Å². The van der Waals surface area contributed by atoms with Gasteiger partial charge in [-0.3, -0.25) is 0 Å². The summed E-state index contributed by atoms with van der Waals surface area (Å²) in [7, 11) is 0. The molecule has 15 heavy (non-hydrogen) atoms. The molecule has 2 N–H and O–H groups in total. The molecular formula is C11H20N2OS. The predicted molar refractivity (Wildman–Crippen MR) is 64.1 cm³/mol. The van der Waals surface area contributed by atoms with Crippen molar-refractivity contribution in [1.82, 2.24) is 10.3 Å². The second-order valence-corrected chi connectivity index (χ2v) is 5.96. The smallest absolute Gasteiger partial charge is 0.0897 e. The molecule has 0 aliphatic heterocycles. The summed E-state index contributed by atoms with van der Waals surface area (Å²) in [6, 6.07) is 0. The van der Waals surface area contributed by atoms with Crippen LogP contribution in [0.25, 0.3) is 0 Å². The van der Waals surface area contributed by atoms with Crippen molar-refractivity contribution in [3.8, 4) is 0 Å². The molecule has 0 fully saturated rings. The Morgan fingerprint density at radius 2 is 2.00 bits per heavy atom. The Hall–Kier alpha value is -0.450. The number of nitrogens with one attached hydrogen (secondary N) is 1. The molecule has 0 saturated carbocycles. The normalized spacial score (nSPS) is 13.2. The third-order valence-corrected chi connectivity index (χ3v) is 3.73. The van der Waals surface area contributed by atoms with Gasteiger partial charge in [-0.05, 0) is 34.6 Å². The number of rotatable bonds is 4. The number of aliphatic hydroxyl groups is 1. The highest BCUT2D eigenvalue weighted by atomic mass is 32.1. The number of aryl methyl sites for hydroxylation is 1. The summed E-state index contributed by atoms with van der Waals surface area (Å²) >= 11 is 1.65. The minimum Gasteiger partial charge on any atom is -0.389 e. The first-order chi connectivity index (χ1) is 6.72. The van der Waals surface area contributed by atoms with Crippen LogP contribution in [0.4, 0.5) is 0 Å². The van der Waals surface area contributed by atoms with Crippen molar-refractivity contribution < 1.29 is 5.11 Å². The van der Waals surface area contributed by atoms with E-state index in [-0.39, 0.29) is 5.54 Å². The van der Waals surface area contributed by atoms with Gasteiger partial charge in [0.05, 0.1) is 16.3 Å². The maximum absolute atomic E-state index is 9.95. The van der Waals surface area contributed by atoms with Gasteiger partial charge in [0.25, 0.3) is 0 Å². The number of hydrogen-bond acceptors (Lipinski definition) is 4. The molecule has 1 heterocycles. The van der Waals surface area contributed by atoms with Gasteiger partial charge in [0.2, 0.25) is 0 Å². The first-order valence-corrected chi connectivity index (χ1v) is 5.99. The van der Waals surface area contributed by atoms with Gasteiger partial charge in [-0.1, -0.05) is 0 Å². The van der Waals surface area contributed by atoms with Gasteiger partial charge in [-0.15, -0.1) is 11.3 Å². The summed E-state index contributed by atoms with van der Waals surface area (Å²) in [5.41, 5.74) is -0.0439. The van der Waals surface area contributed by atoms with Gasteiger partial charge in [0.1, 0.15) is 0 Å². The molecule has 0 saturated heterocycles. The van der Waals surface area contributed by atoms with Crippen LogP contribution in [-0.2, 0) is 6.54 Å². The summed E-state index contributed by atoms with van der Waals surface area (Å²) < 4.78 is 0. The fourth-order valence-corrected chi connectivity index (χ4v) is 1.63. The van der Waals surface area contributed by atoms with Crippen molar-refractivity contribution >= 4 is 11.3 Å². The predicted octanol–water partition coefficient (Wildman–Crippen LogP) is 2.09. The third kappa shape index (κ3) is 3.26. The van der Waals surface area contributed by atoms with Crippen molar-refractivity contribution in [1.29, 1.82) is 0 Å². The fraction of sp³-hybridized carbons (Fsp3) is 0.727. The van der Waals surface area contributed by atoms with Crippen LogP contribution < -0.4 is 5.32 Å². The quantitative estimate of drug-likeness (QED) is 0.829. The van der Waals surface area contributed by atoms with E-state index in [1.165, 1.54) is 0 Å². The van der Waals surface area contributed by atoms with E-state index < -0.39 is 5.60 Å². The summed E-state index contributed by atoms with van der Waals surface area (Å²) in [5.74, 6) is 0. The van der Waals surface area contributed by atoms with Gasteiger partial charge in [-0.25, -0.2) is 4.98 Å². The monoisotopic (exact) mass is 228 g/mol. The van der Waals surface area contributed by atoms with Crippen LogP contribution in [0.3, 0.4) is 0 Å². The molecule has 0 atom stereocenters. The van der Waals surface area contributed by atoms with Gasteiger partial charge in [0.15, 0.2) is 0 Å². The first-order valence-electron chi connectivity index (χ1n) is 5.11. The first kappa shape index (κ1) is 12.6. The van der Waals surface area contributed by atoms with Crippen molar-refractivity contribution in [3.05, 3.63) is 16.1 Å². The van der Waals surface area contributed by atoms with Gasteiger partial charge >= 0.3 is 0 Å². The molecule has 0 unspecified atom stereocenters. The van der Waals surface area contributed by atoms with Gasteiger partial charge < -0.3 is 10.4 Å². The molecule has 4 heteroatoms. The van der Waals surface area contributed by atoms with Crippen LogP contribution in [0.15, 0.2) is 5.38 Å². The van der Waals surface area contributed by atoms with Crippen molar-refractivity contribution in [2.45, 2.75) is 52.3 Å². The molecular weight excluding hydrogens is 208 g/mol. The molecule has 0 aromatic carbocycles. The van der Waals surface area contributed by atoms with Crippen LogP contribution in [-0.4, -0.2) is 21.2 Å². The van der Waals surface area contributed by atoms with Crippen LogP contribution >= 0.6 is 11.3 Å².